The zero-order valence-electron chi connectivity index (χ0n) is 12.4. The number of hydrogen-bond acceptors (Lipinski definition) is 0. The third kappa shape index (κ3) is 1.72. The highest BCUT2D eigenvalue weighted by atomic mass is 15.0. The quantitative estimate of drug-likeness (QED) is 0.496. The molecule has 0 aliphatic heterocycles. The van der Waals surface area contributed by atoms with Gasteiger partial charge in [-0.15, -0.1) is 0 Å². The van der Waals surface area contributed by atoms with Gasteiger partial charge in [-0.1, -0.05) is 24.3 Å². The van der Waals surface area contributed by atoms with Crippen LogP contribution in [-0.4, -0.2) is 9.13 Å². The van der Waals surface area contributed by atoms with E-state index in [0.717, 1.165) is 6.54 Å². The number of benzene rings is 2. The molecule has 0 fully saturated rings. The lowest BCUT2D eigenvalue weighted by atomic mass is 10.1. The molecular formula is C19H18N2. The molecular weight excluding hydrogens is 256 g/mol. The van der Waals surface area contributed by atoms with Gasteiger partial charge in [-0.25, -0.2) is 0 Å². The third-order valence-corrected chi connectivity index (χ3v) is 4.33. The number of fused-ring (bicyclic) bond motifs is 3. The maximum Gasteiger partial charge on any atom is 0.0491 e. The second-order valence-electron chi connectivity index (χ2n) is 5.50. The van der Waals surface area contributed by atoms with Gasteiger partial charge in [0.15, 0.2) is 0 Å². The van der Waals surface area contributed by atoms with E-state index in [0.29, 0.717) is 0 Å². The van der Waals surface area contributed by atoms with Crippen LogP contribution in [-0.2, 0) is 13.6 Å². The normalized spacial score (nSPS) is 11.5. The van der Waals surface area contributed by atoms with Crippen LogP contribution in [0.15, 0.2) is 60.8 Å². The van der Waals surface area contributed by atoms with Crippen molar-refractivity contribution in [1.29, 1.82) is 0 Å². The fraction of sp³-hybridized carbons (Fsp3) is 0.158. The van der Waals surface area contributed by atoms with Crippen LogP contribution in [0.1, 0.15) is 6.92 Å². The minimum absolute atomic E-state index is 0.994. The van der Waals surface area contributed by atoms with E-state index in [1.807, 2.05) is 0 Å². The summed E-state index contributed by atoms with van der Waals surface area (Å²) in [4.78, 5) is 0. The minimum atomic E-state index is 0.994. The molecule has 0 saturated carbocycles. The maximum atomic E-state index is 2.39. The van der Waals surface area contributed by atoms with E-state index in [2.05, 4.69) is 83.9 Å². The summed E-state index contributed by atoms with van der Waals surface area (Å²) in [5.41, 5.74) is 5.16. The maximum absolute atomic E-state index is 2.39. The molecule has 2 nitrogen and oxygen atoms in total. The number of aryl methyl sites for hydroxylation is 2. The van der Waals surface area contributed by atoms with E-state index < -0.39 is 0 Å². The molecule has 104 valence electrons. The van der Waals surface area contributed by atoms with Crippen LogP contribution < -0.4 is 0 Å². The van der Waals surface area contributed by atoms with Crippen LogP contribution in [0, 0.1) is 0 Å². The number of aromatic nitrogens is 2. The first-order valence-corrected chi connectivity index (χ1v) is 7.42. The highest BCUT2D eigenvalue weighted by molar-refractivity contribution is 6.09. The average Bonchev–Trinajstić information content (AvgIpc) is 3.08. The molecule has 4 rings (SSSR count). The summed E-state index contributed by atoms with van der Waals surface area (Å²) >= 11 is 0. The van der Waals surface area contributed by atoms with E-state index in [1.54, 1.807) is 0 Å². The molecule has 0 aliphatic rings. The van der Waals surface area contributed by atoms with Crippen molar-refractivity contribution in [2.24, 2.45) is 7.05 Å². The first-order chi connectivity index (χ1) is 10.3. The first kappa shape index (κ1) is 12.3. The van der Waals surface area contributed by atoms with Gasteiger partial charge in [-0.3, -0.25) is 0 Å². The SMILES string of the molecule is CCn1c2ccccc2c2cc(-c3cccn3C)ccc21. The summed E-state index contributed by atoms with van der Waals surface area (Å²) in [5, 5.41) is 2.68. The Morgan fingerprint density at radius 3 is 2.43 bits per heavy atom. The fourth-order valence-corrected chi connectivity index (χ4v) is 3.31. The monoisotopic (exact) mass is 274 g/mol. The predicted molar refractivity (Wildman–Crippen MR) is 89.5 cm³/mol. The Kier molecular flexibility index (Phi) is 2.64. The van der Waals surface area contributed by atoms with Crippen molar-refractivity contribution in [3.63, 3.8) is 0 Å². The smallest absolute Gasteiger partial charge is 0.0491 e. The van der Waals surface area contributed by atoms with E-state index in [9.17, 15) is 0 Å². The summed E-state index contributed by atoms with van der Waals surface area (Å²) in [6.07, 6.45) is 2.09. The predicted octanol–water partition coefficient (Wildman–Crippen LogP) is 4.82. The summed E-state index contributed by atoms with van der Waals surface area (Å²) in [7, 11) is 2.09. The van der Waals surface area contributed by atoms with Gasteiger partial charge >= 0.3 is 0 Å². The van der Waals surface area contributed by atoms with Crippen LogP contribution in [0.4, 0.5) is 0 Å². The molecule has 0 aliphatic carbocycles. The largest absolute Gasteiger partial charge is 0.351 e. The molecule has 0 N–H and O–H groups in total. The third-order valence-electron chi connectivity index (χ3n) is 4.33. The van der Waals surface area contributed by atoms with Gasteiger partial charge in [-0.2, -0.15) is 0 Å². The Bertz CT molecular complexity index is 941. The van der Waals surface area contributed by atoms with Crippen LogP contribution in [0.25, 0.3) is 33.1 Å². The molecule has 21 heavy (non-hydrogen) atoms. The van der Waals surface area contributed by atoms with Crippen LogP contribution in [0.5, 0.6) is 0 Å². The lowest BCUT2D eigenvalue weighted by Crippen LogP contribution is -1.93. The molecule has 0 atom stereocenters. The molecule has 0 radical (unpaired) electrons. The van der Waals surface area contributed by atoms with E-state index in [-0.39, 0.29) is 0 Å². The molecule has 2 aromatic heterocycles. The molecule has 0 unspecified atom stereocenters. The molecule has 2 heteroatoms. The zero-order valence-corrected chi connectivity index (χ0v) is 12.4. The fourth-order valence-electron chi connectivity index (χ4n) is 3.31. The van der Waals surface area contributed by atoms with Crippen molar-refractivity contribution >= 4 is 21.8 Å². The van der Waals surface area contributed by atoms with Gasteiger partial charge in [0, 0.05) is 47.3 Å². The Balaban J connectivity index is 2.08. The highest BCUT2D eigenvalue weighted by Crippen LogP contribution is 2.32. The standard InChI is InChI=1S/C19H18N2/c1-3-21-18-8-5-4-7-15(18)16-13-14(10-11-19(16)21)17-9-6-12-20(17)2/h4-13H,3H2,1-2H3. The molecule has 0 spiro atoms. The Morgan fingerprint density at radius 2 is 1.67 bits per heavy atom. The molecule has 2 aromatic carbocycles. The van der Waals surface area contributed by atoms with Crippen molar-refractivity contribution < 1.29 is 0 Å². The number of hydrogen-bond donors (Lipinski definition) is 0. The van der Waals surface area contributed by atoms with Crippen LogP contribution in [0.3, 0.4) is 0 Å². The summed E-state index contributed by atoms with van der Waals surface area (Å²) in [5.74, 6) is 0. The molecule has 2 heterocycles. The topological polar surface area (TPSA) is 9.86 Å². The Hall–Kier alpha value is -2.48. The van der Waals surface area contributed by atoms with Crippen molar-refractivity contribution in [3.8, 4) is 11.3 Å². The van der Waals surface area contributed by atoms with Crippen LogP contribution >= 0.6 is 0 Å². The second-order valence-corrected chi connectivity index (χ2v) is 5.50. The van der Waals surface area contributed by atoms with Crippen molar-refractivity contribution in [3.05, 3.63) is 60.8 Å². The van der Waals surface area contributed by atoms with E-state index in [4.69, 9.17) is 0 Å². The first-order valence-electron chi connectivity index (χ1n) is 7.42. The van der Waals surface area contributed by atoms with Gasteiger partial charge in [0.05, 0.1) is 0 Å². The number of rotatable bonds is 2. The lowest BCUT2D eigenvalue weighted by molar-refractivity contribution is 0.827. The van der Waals surface area contributed by atoms with Crippen molar-refractivity contribution in [2.45, 2.75) is 13.5 Å². The van der Waals surface area contributed by atoms with E-state index in [1.165, 1.54) is 33.1 Å². The van der Waals surface area contributed by atoms with Crippen molar-refractivity contribution in [2.75, 3.05) is 0 Å². The molecule has 0 saturated heterocycles. The van der Waals surface area contributed by atoms with E-state index >= 15 is 0 Å². The van der Waals surface area contributed by atoms with Crippen molar-refractivity contribution in [1.82, 2.24) is 9.13 Å². The zero-order chi connectivity index (χ0) is 14.4. The number of para-hydroxylation sites is 1. The lowest BCUT2D eigenvalue weighted by Gasteiger charge is -2.05. The van der Waals surface area contributed by atoms with Gasteiger partial charge < -0.3 is 9.13 Å². The van der Waals surface area contributed by atoms with Gasteiger partial charge in [0.1, 0.15) is 0 Å². The Morgan fingerprint density at radius 1 is 0.857 bits per heavy atom. The summed E-state index contributed by atoms with van der Waals surface area (Å²) < 4.78 is 4.56. The molecule has 4 aromatic rings. The van der Waals surface area contributed by atoms with Gasteiger partial charge in [-0.05, 0) is 42.8 Å². The minimum Gasteiger partial charge on any atom is -0.351 e. The highest BCUT2D eigenvalue weighted by Gasteiger charge is 2.10. The Labute approximate surface area is 124 Å². The summed E-state index contributed by atoms with van der Waals surface area (Å²) in [6.45, 7) is 3.20. The van der Waals surface area contributed by atoms with Crippen LogP contribution in [0.2, 0.25) is 0 Å². The summed E-state index contributed by atoms with van der Waals surface area (Å²) in [6, 6.07) is 19.7. The molecule has 0 amide bonds. The second kappa shape index (κ2) is 4.52. The average molecular weight is 274 g/mol. The van der Waals surface area contributed by atoms with Gasteiger partial charge in [0.2, 0.25) is 0 Å². The molecule has 0 bridgehead atoms. The van der Waals surface area contributed by atoms with Gasteiger partial charge in [0.25, 0.3) is 0 Å². The number of nitrogens with zero attached hydrogens (tertiary/aromatic N) is 2.